The number of halogens is 1. The first-order chi connectivity index (χ1) is 11.7. The summed E-state index contributed by atoms with van der Waals surface area (Å²) in [5.41, 5.74) is 1.33. The molecule has 122 valence electrons. The Balaban J connectivity index is 1.72. The van der Waals surface area contributed by atoms with Crippen molar-refractivity contribution in [1.29, 1.82) is 0 Å². The van der Waals surface area contributed by atoms with Crippen molar-refractivity contribution in [1.82, 2.24) is 9.36 Å². The number of aromatic nitrogens is 2. The molecule has 1 N–H and O–H groups in total. The van der Waals surface area contributed by atoms with E-state index >= 15 is 0 Å². The fourth-order valence-corrected chi connectivity index (χ4v) is 2.83. The van der Waals surface area contributed by atoms with Gasteiger partial charge in [0.25, 0.3) is 5.91 Å². The Morgan fingerprint density at radius 1 is 1.25 bits per heavy atom. The van der Waals surface area contributed by atoms with Gasteiger partial charge in [-0.25, -0.2) is 0 Å². The van der Waals surface area contributed by atoms with Gasteiger partial charge in [-0.2, -0.15) is 9.36 Å². The van der Waals surface area contributed by atoms with Crippen LogP contribution < -0.4 is 10.1 Å². The third-order valence-corrected chi connectivity index (χ3v) is 4.02. The van der Waals surface area contributed by atoms with Gasteiger partial charge in [0.1, 0.15) is 5.75 Å². The van der Waals surface area contributed by atoms with Gasteiger partial charge in [0.05, 0.1) is 6.61 Å². The zero-order chi connectivity index (χ0) is 16.9. The third-order valence-electron chi connectivity index (χ3n) is 3.16. The van der Waals surface area contributed by atoms with E-state index in [-0.39, 0.29) is 5.91 Å². The van der Waals surface area contributed by atoms with Gasteiger partial charge in [-0.1, -0.05) is 17.7 Å². The summed E-state index contributed by atoms with van der Waals surface area (Å²) in [7, 11) is 0. The zero-order valence-corrected chi connectivity index (χ0v) is 14.4. The number of carbonyl (C=O) groups is 1. The van der Waals surface area contributed by atoms with Gasteiger partial charge in [-0.05, 0) is 49.4 Å². The molecule has 0 unspecified atom stereocenters. The lowest BCUT2D eigenvalue weighted by Crippen LogP contribution is -2.11. The number of hydrogen-bond donors (Lipinski definition) is 1. The average Bonchev–Trinajstić information content (AvgIpc) is 3.04. The van der Waals surface area contributed by atoms with Crippen LogP contribution in [0.15, 0.2) is 48.5 Å². The van der Waals surface area contributed by atoms with Crippen molar-refractivity contribution in [3.63, 3.8) is 0 Å². The van der Waals surface area contributed by atoms with Gasteiger partial charge in [0, 0.05) is 27.7 Å². The Hall–Kier alpha value is -2.44. The lowest BCUT2D eigenvalue weighted by molar-refractivity contribution is 0.102. The maximum atomic E-state index is 12.2. The SMILES string of the molecule is CCOc1ccc(-c2nsc(NC(=O)c3cccc(Cl)c3)n2)cc1. The van der Waals surface area contributed by atoms with Crippen LogP contribution in [0.25, 0.3) is 11.4 Å². The molecule has 0 fully saturated rings. The fourth-order valence-electron chi connectivity index (χ4n) is 2.06. The monoisotopic (exact) mass is 359 g/mol. The first-order valence-electron chi connectivity index (χ1n) is 7.29. The molecule has 0 radical (unpaired) electrons. The van der Waals surface area contributed by atoms with Crippen molar-refractivity contribution >= 4 is 34.2 Å². The van der Waals surface area contributed by atoms with E-state index in [9.17, 15) is 4.79 Å². The van der Waals surface area contributed by atoms with Crippen LogP contribution in [0.1, 0.15) is 17.3 Å². The van der Waals surface area contributed by atoms with Crippen LogP contribution in [0.3, 0.4) is 0 Å². The van der Waals surface area contributed by atoms with Gasteiger partial charge >= 0.3 is 0 Å². The Bertz CT molecular complexity index is 849. The summed E-state index contributed by atoms with van der Waals surface area (Å²) in [6, 6.07) is 14.2. The molecule has 3 aromatic rings. The molecular formula is C17H14ClN3O2S. The number of benzene rings is 2. The highest BCUT2D eigenvalue weighted by Crippen LogP contribution is 2.24. The van der Waals surface area contributed by atoms with Gasteiger partial charge in [0.15, 0.2) is 5.82 Å². The molecule has 0 aliphatic rings. The molecule has 24 heavy (non-hydrogen) atoms. The minimum atomic E-state index is -0.271. The molecule has 0 atom stereocenters. The van der Waals surface area contributed by atoms with E-state index in [0.29, 0.717) is 28.1 Å². The molecule has 0 saturated heterocycles. The number of nitrogens with zero attached hydrogens (tertiary/aromatic N) is 2. The molecule has 3 rings (SSSR count). The van der Waals surface area contributed by atoms with E-state index in [1.165, 1.54) is 0 Å². The summed E-state index contributed by atoms with van der Waals surface area (Å²) in [6.45, 7) is 2.55. The molecule has 5 nitrogen and oxygen atoms in total. The minimum absolute atomic E-state index is 0.271. The van der Waals surface area contributed by atoms with Crippen LogP contribution in [0.2, 0.25) is 5.02 Å². The summed E-state index contributed by atoms with van der Waals surface area (Å²) in [5, 5.41) is 3.67. The van der Waals surface area contributed by atoms with Gasteiger partial charge in [-0.15, -0.1) is 0 Å². The predicted molar refractivity (Wildman–Crippen MR) is 95.9 cm³/mol. The predicted octanol–water partition coefficient (Wildman–Crippen LogP) is 4.51. The largest absolute Gasteiger partial charge is 0.494 e. The van der Waals surface area contributed by atoms with Crippen molar-refractivity contribution in [3.05, 3.63) is 59.1 Å². The number of nitrogens with one attached hydrogen (secondary N) is 1. The fraction of sp³-hybridized carbons (Fsp3) is 0.118. The second-order valence-corrected chi connectivity index (χ2v) is 6.03. The molecular weight excluding hydrogens is 346 g/mol. The van der Waals surface area contributed by atoms with E-state index in [1.54, 1.807) is 24.3 Å². The van der Waals surface area contributed by atoms with E-state index in [4.69, 9.17) is 16.3 Å². The summed E-state index contributed by atoms with van der Waals surface area (Å²) >= 11 is 7.02. The Morgan fingerprint density at radius 3 is 2.75 bits per heavy atom. The number of hydrogen-bond acceptors (Lipinski definition) is 5. The Kier molecular flexibility index (Phi) is 5.08. The van der Waals surface area contributed by atoms with Crippen molar-refractivity contribution in [2.75, 3.05) is 11.9 Å². The maximum Gasteiger partial charge on any atom is 0.257 e. The maximum absolute atomic E-state index is 12.2. The normalized spacial score (nSPS) is 10.4. The van der Waals surface area contributed by atoms with Crippen molar-refractivity contribution in [3.8, 4) is 17.1 Å². The van der Waals surface area contributed by atoms with E-state index in [0.717, 1.165) is 22.8 Å². The molecule has 0 spiro atoms. The van der Waals surface area contributed by atoms with Crippen LogP contribution in [0, 0.1) is 0 Å². The van der Waals surface area contributed by atoms with Crippen molar-refractivity contribution in [2.24, 2.45) is 0 Å². The molecule has 0 saturated carbocycles. The second kappa shape index (κ2) is 7.42. The van der Waals surface area contributed by atoms with E-state index < -0.39 is 0 Å². The summed E-state index contributed by atoms with van der Waals surface area (Å²) in [5.74, 6) is 1.09. The quantitative estimate of drug-likeness (QED) is 0.728. The molecule has 0 bridgehead atoms. The number of ether oxygens (including phenoxy) is 1. The number of amides is 1. The van der Waals surface area contributed by atoms with Crippen LogP contribution in [0.5, 0.6) is 5.75 Å². The Labute approximate surface area is 148 Å². The highest BCUT2D eigenvalue weighted by molar-refractivity contribution is 7.10. The topological polar surface area (TPSA) is 64.1 Å². The molecule has 2 aromatic carbocycles. The number of carbonyl (C=O) groups excluding carboxylic acids is 1. The minimum Gasteiger partial charge on any atom is -0.494 e. The first-order valence-corrected chi connectivity index (χ1v) is 8.44. The summed E-state index contributed by atoms with van der Waals surface area (Å²) in [4.78, 5) is 16.5. The molecule has 0 aliphatic carbocycles. The zero-order valence-electron chi connectivity index (χ0n) is 12.8. The van der Waals surface area contributed by atoms with Gasteiger partial charge < -0.3 is 4.74 Å². The standard InChI is InChI=1S/C17H14ClN3O2S/c1-2-23-14-8-6-11(7-9-14)15-19-17(24-21-15)20-16(22)12-4-3-5-13(18)10-12/h3-10H,2H2,1H3,(H,19,20,21,22). The van der Waals surface area contributed by atoms with Crippen LogP contribution in [0.4, 0.5) is 5.13 Å². The average molecular weight is 360 g/mol. The molecule has 1 heterocycles. The lowest BCUT2D eigenvalue weighted by atomic mass is 10.2. The second-order valence-electron chi connectivity index (χ2n) is 4.84. The molecule has 0 aliphatic heterocycles. The number of rotatable bonds is 5. The van der Waals surface area contributed by atoms with Gasteiger partial charge in [0.2, 0.25) is 5.13 Å². The first kappa shape index (κ1) is 16.4. The van der Waals surface area contributed by atoms with Crippen LogP contribution in [-0.4, -0.2) is 21.9 Å². The van der Waals surface area contributed by atoms with Crippen molar-refractivity contribution < 1.29 is 9.53 Å². The van der Waals surface area contributed by atoms with E-state index in [1.807, 2.05) is 31.2 Å². The lowest BCUT2D eigenvalue weighted by Gasteiger charge is -2.03. The highest BCUT2D eigenvalue weighted by Gasteiger charge is 2.11. The van der Waals surface area contributed by atoms with Crippen molar-refractivity contribution in [2.45, 2.75) is 6.92 Å². The summed E-state index contributed by atoms with van der Waals surface area (Å²) < 4.78 is 9.68. The number of anilines is 1. The summed E-state index contributed by atoms with van der Waals surface area (Å²) in [6.07, 6.45) is 0. The third kappa shape index (κ3) is 3.90. The highest BCUT2D eigenvalue weighted by atomic mass is 35.5. The Morgan fingerprint density at radius 2 is 2.04 bits per heavy atom. The van der Waals surface area contributed by atoms with Gasteiger partial charge in [-0.3, -0.25) is 10.1 Å². The molecule has 1 amide bonds. The molecule has 1 aromatic heterocycles. The van der Waals surface area contributed by atoms with Crippen LogP contribution in [-0.2, 0) is 0 Å². The van der Waals surface area contributed by atoms with Crippen LogP contribution >= 0.6 is 23.1 Å². The van der Waals surface area contributed by atoms with E-state index in [2.05, 4.69) is 14.7 Å². The smallest absolute Gasteiger partial charge is 0.257 e. The molecule has 7 heteroatoms.